The Hall–Kier alpha value is -0.800. The van der Waals surface area contributed by atoms with E-state index in [4.69, 9.17) is 11.6 Å². The molecule has 0 aliphatic heterocycles. The first kappa shape index (κ1) is 15.3. The van der Waals surface area contributed by atoms with Gasteiger partial charge in [-0.3, -0.25) is 4.68 Å². The van der Waals surface area contributed by atoms with E-state index in [1.54, 1.807) is 0 Å². The zero-order valence-corrected chi connectivity index (χ0v) is 12.4. The van der Waals surface area contributed by atoms with Crippen LogP contribution in [0.2, 0.25) is 5.02 Å². The van der Waals surface area contributed by atoms with Gasteiger partial charge in [0.25, 0.3) is 0 Å². The number of aromatic nitrogens is 2. The van der Waals surface area contributed by atoms with Gasteiger partial charge in [0, 0.05) is 13.0 Å². The van der Waals surface area contributed by atoms with Crippen molar-refractivity contribution in [2.75, 3.05) is 13.1 Å². The van der Waals surface area contributed by atoms with Crippen LogP contribution in [0.25, 0.3) is 0 Å². The Morgan fingerprint density at radius 3 is 2.67 bits per heavy atom. The molecule has 0 radical (unpaired) electrons. The molecule has 1 rings (SSSR count). The SMILES string of the molecule is CCNCCC=CCc1c(Cl)c(CC)nn1CC. The summed E-state index contributed by atoms with van der Waals surface area (Å²) in [4.78, 5) is 0. The second kappa shape index (κ2) is 8.33. The lowest BCUT2D eigenvalue weighted by molar-refractivity contribution is 0.622. The Morgan fingerprint density at radius 2 is 2.06 bits per heavy atom. The van der Waals surface area contributed by atoms with E-state index in [1.165, 1.54) is 0 Å². The predicted molar refractivity (Wildman–Crippen MR) is 78.3 cm³/mol. The molecule has 0 atom stereocenters. The van der Waals surface area contributed by atoms with Crippen molar-refractivity contribution in [3.05, 3.63) is 28.6 Å². The van der Waals surface area contributed by atoms with Crippen molar-refractivity contribution in [1.82, 2.24) is 15.1 Å². The van der Waals surface area contributed by atoms with E-state index in [2.05, 4.69) is 43.3 Å². The van der Waals surface area contributed by atoms with Crippen molar-refractivity contribution >= 4 is 11.6 Å². The summed E-state index contributed by atoms with van der Waals surface area (Å²) in [5.74, 6) is 0. The van der Waals surface area contributed by atoms with Gasteiger partial charge in [0.1, 0.15) is 0 Å². The summed E-state index contributed by atoms with van der Waals surface area (Å²) in [5.41, 5.74) is 2.14. The number of nitrogens with one attached hydrogen (secondary N) is 1. The van der Waals surface area contributed by atoms with Crippen molar-refractivity contribution in [3.63, 3.8) is 0 Å². The number of allylic oxidation sites excluding steroid dienone is 1. The summed E-state index contributed by atoms with van der Waals surface area (Å²) < 4.78 is 2.01. The van der Waals surface area contributed by atoms with E-state index in [0.717, 1.165) is 55.3 Å². The number of halogens is 1. The predicted octanol–water partition coefficient (Wildman–Crippen LogP) is 3.22. The summed E-state index contributed by atoms with van der Waals surface area (Å²) in [5, 5.41) is 8.66. The van der Waals surface area contributed by atoms with Crippen molar-refractivity contribution in [2.24, 2.45) is 0 Å². The molecule has 4 heteroatoms. The first-order valence-corrected chi connectivity index (χ1v) is 7.22. The topological polar surface area (TPSA) is 29.9 Å². The van der Waals surface area contributed by atoms with E-state index >= 15 is 0 Å². The number of hydrogen-bond donors (Lipinski definition) is 1. The Bertz CT molecular complexity index is 383. The lowest BCUT2D eigenvalue weighted by atomic mass is 10.2. The molecule has 1 aromatic rings. The van der Waals surface area contributed by atoms with Gasteiger partial charge in [-0.1, -0.05) is 37.6 Å². The lowest BCUT2D eigenvalue weighted by Crippen LogP contribution is -2.12. The van der Waals surface area contributed by atoms with E-state index in [1.807, 2.05) is 4.68 Å². The summed E-state index contributed by atoms with van der Waals surface area (Å²) >= 11 is 6.34. The third-order valence-corrected chi connectivity index (χ3v) is 3.35. The van der Waals surface area contributed by atoms with Gasteiger partial charge in [-0.25, -0.2) is 0 Å². The molecule has 1 aromatic heterocycles. The highest BCUT2D eigenvalue weighted by Gasteiger charge is 2.12. The van der Waals surface area contributed by atoms with Crippen LogP contribution in [0.4, 0.5) is 0 Å². The van der Waals surface area contributed by atoms with Gasteiger partial charge in [-0.05, 0) is 32.9 Å². The Morgan fingerprint density at radius 1 is 1.28 bits per heavy atom. The van der Waals surface area contributed by atoms with E-state index in [9.17, 15) is 0 Å². The summed E-state index contributed by atoms with van der Waals surface area (Å²) in [6, 6.07) is 0. The number of rotatable bonds is 8. The van der Waals surface area contributed by atoms with Gasteiger partial charge in [-0.2, -0.15) is 5.10 Å². The van der Waals surface area contributed by atoms with Crippen molar-refractivity contribution in [3.8, 4) is 0 Å². The van der Waals surface area contributed by atoms with Gasteiger partial charge in [0.05, 0.1) is 16.4 Å². The smallest absolute Gasteiger partial charge is 0.0853 e. The standard InChI is InChI=1S/C14H24ClN3/c1-4-12-14(15)13(18(6-3)17-12)10-8-7-9-11-16-5-2/h7-8,16H,4-6,9-11H2,1-3H3. The quantitative estimate of drug-likeness (QED) is 0.580. The molecule has 0 aromatic carbocycles. The third kappa shape index (κ3) is 4.14. The summed E-state index contributed by atoms with van der Waals surface area (Å²) in [6.45, 7) is 9.25. The number of aryl methyl sites for hydroxylation is 2. The first-order chi connectivity index (χ1) is 8.74. The van der Waals surface area contributed by atoms with Crippen LogP contribution in [0.15, 0.2) is 12.2 Å². The van der Waals surface area contributed by atoms with Gasteiger partial charge in [0.2, 0.25) is 0 Å². The second-order valence-electron chi connectivity index (χ2n) is 4.19. The molecule has 0 aliphatic carbocycles. The lowest BCUT2D eigenvalue weighted by Gasteiger charge is -2.02. The average Bonchev–Trinajstić information content (AvgIpc) is 2.70. The maximum atomic E-state index is 6.34. The highest BCUT2D eigenvalue weighted by Crippen LogP contribution is 2.22. The molecule has 0 spiro atoms. The van der Waals surface area contributed by atoms with Crippen LogP contribution in [-0.4, -0.2) is 22.9 Å². The fraction of sp³-hybridized carbons (Fsp3) is 0.643. The molecule has 0 saturated heterocycles. The molecule has 102 valence electrons. The van der Waals surface area contributed by atoms with Crippen LogP contribution in [-0.2, 0) is 19.4 Å². The van der Waals surface area contributed by atoms with Crippen LogP contribution in [0.1, 0.15) is 38.6 Å². The van der Waals surface area contributed by atoms with Crippen LogP contribution >= 0.6 is 11.6 Å². The highest BCUT2D eigenvalue weighted by molar-refractivity contribution is 6.31. The van der Waals surface area contributed by atoms with Gasteiger partial charge >= 0.3 is 0 Å². The molecule has 3 nitrogen and oxygen atoms in total. The second-order valence-corrected chi connectivity index (χ2v) is 4.57. The maximum absolute atomic E-state index is 6.34. The normalized spacial score (nSPS) is 11.6. The van der Waals surface area contributed by atoms with Gasteiger partial charge in [0.15, 0.2) is 0 Å². The van der Waals surface area contributed by atoms with Gasteiger partial charge in [-0.15, -0.1) is 0 Å². The van der Waals surface area contributed by atoms with E-state index < -0.39 is 0 Å². The van der Waals surface area contributed by atoms with Crippen molar-refractivity contribution in [2.45, 2.75) is 46.6 Å². The number of nitrogens with zero attached hydrogens (tertiary/aromatic N) is 2. The van der Waals surface area contributed by atoms with E-state index in [0.29, 0.717) is 0 Å². The molecular formula is C14H24ClN3. The van der Waals surface area contributed by atoms with Crippen molar-refractivity contribution in [1.29, 1.82) is 0 Å². The summed E-state index contributed by atoms with van der Waals surface area (Å²) in [6.07, 6.45) is 7.21. The molecule has 18 heavy (non-hydrogen) atoms. The first-order valence-electron chi connectivity index (χ1n) is 6.84. The maximum Gasteiger partial charge on any atom is 0.0853 e. The molecule has 0 bridgehead atoms. The molecular weight excluding hydrogens is 246 g/mol. The van der Waals surface area contributed by atoms with Crippen LogP contribution in [0.5, 0.6) is 0 Å². The zero-order chi connectivity index (χ0) is 13.4. The minimum absolute atomic E-state index is 0.843. The van der Waals surface area contributed by atoms with Crippen molar-refractivity contribution < 1.29 is 0 Å². The molecule has 1 heterocycles. The Balaban J connectivity index is 2.58. The largest absolute Gasteiger partial charge is 0.317 e. The third-order valence-electron chi connectivity index (χ3n) is 2.91. The molecule has 0 unspecified atom stereocenters. The minimum atomic E-state index is 0.843. The van der Waals surface area contributed by atoms with Gasteiger partial charge < -0.3 is 5.32 Å². The van der Waals surface area contributed by atoms with Crippen LogP contribution in [0, 0.1) is 0 Å². The Labute approximate surface area is 115 Å². The molecule has 0 saturated carbocycles. The molecule has 0 amide bonds. The molecule has 1 N–H and O–H groups in total. The monoisotopic (exact) mass is 269 g/mol. The zero-order valence-electron chi connectivity index (χ0n) is 11.7. The molecule has 0 aliphatic rings. The number of hydrogen-bond acceptors (Lipinski definition) is 2. The van der Waals surface area contributed by atoms with Crippen LogP contribution in [0.3, 0.4) is 0 Å². The fourth-order valence-corrected chi connectivity index (χ4v) is 2.23. The van der Waals surface area contributed by atoms with E-state index in [-0.39, 0.29) is 0 Å². The minimum Gasteiger partial charge on any atom is -0.317 e. The highest BCUT2D eigenvalue weighted by atomic mass is 35.5. The Kier molecular flexibility index (Phi) is 7.06. The van der Waals surface area contributed by atoms with Crippen LogP contribution < -0.4 is 5.32 Å². The molecule has 0 fully saturated rings. The average molecular weight is 270 g/mol. The fourth-order valence-electron chi connectivity index (χ4n) is 1.89. The summed E-state index contributed by atoms with van der Waals surface area (Å²) in [7, 11) is 0.